The second kappa shape index (κ2) is 4.64. The Morgan fingerprint density at radius 3 is 2.61 bits per heavy atom. The fourth-order valence-corrected chi connectivity index (χ4v) is 3.62. The number of aryl methyl sites for hydroxylation is 2. The van der Waals surface area contributed by atoms with Gasteiger partial charge in [-0.05, 0) is 33.1 Å². The van der Waals surface area contributed by atoms with Crippen LogP contribution in [0.2, 0.25) is 0 Å². The fourth-order valence-electron chi connectivity index (χ4n) is 2.16. The molecule has 18 heavy (non-hydrogen) atoms. The first-order valence-electron chi connectivity index (χ1n) is 6.11. The second-order valence-corrected chi connectivity index (χ2v) is 6.44. The van der Waals surface area contributed by atoms with Gasteiger partial charge in [-0.25, -0.2) is 18.1 Å². The van der Waals surface area contributed by atoms with Gasteiger partial charge in [-0.15, -0.1) is 0 Å². The number of hydrogen-bond acceptors (Lipinski definition) is 4. The van der Waals surface area contributed by atoms with Crippen molar-refractivity contribution in [1.29, 1.82) is 0 Å². The van der Waals surface area contributed by atoms with E-state index in [-0.39, 0.29) is 11.6 Å². The van der Waals surface area contributed by atoms with E-state index < -0.39 is 15.6 Å². The third-order valence-electron chi connectivity index (χ3n) is 3.53. The molecule has 102 valence electrons. The maximum Gasteiger partial charge on any atom is 0.260 e. The maximum absolute atomic E-state index is 12.2. The van der Waals surface area contributed by atoms with Crippen LogP contribution in [0.25, 0.3) is 0 Å². The predicted molar refractivity (Wildman–Crippen MR) is 66.6 cm³/mol. The summed E-state index contributed by atoms with van der Waals surface area (Å²) in [6.45, 7) is 4.21. The number of aromatic nitrogens is 2. The molecule has 1 aromatic rings. The van der Waals surface area contributed by atoms with Crippen LogP contribution >= 0.6 is 0 Å². The first-order valence-corrected chi connectivity index (χ1v) is 7.59. The van der Waals surface area contributed by atoms with Gasteiger partial charge in [-0.2, -0.15) is 0 Å². The molecule has 0 bridgehead atoms. The van der Waals surface area contributed by atoms with E-state index in [1.54, 1.807) is 11.5 Å². The number of nitrogens with zero attached hydrogens (tertiary/aromatic N) is 2. The highest BCUT2D eigenvalue weighted by Gasteiger charge is 2.40. The van der Waals surface area contributed by atoms with Crippen LogP contribution in [-0.4, -0.2) is 35.2 Å². The highest BCUT2D eigenvalue weighted by molar-refractivity contribution is 7.89. The molecule has 2 N–H and O–H groups in total. The third kappa shape index (κ3) is 2.30. The third-order valence-corrected chi connectivity index (χ3v) is 4.98. The Morgan fingerprint density at radius 1 is 1.56 bits per heavy atom. The van der Waals surface area contributed by atoms with Gasteiger partial charge in [-0.3, -0.25) is 0 Å². The summed E-state index contributed by atoms with van der Waals surface area (Å²) in [7, 11) is -3.64. The molecule has 0 aromatic carbocycles. The van der Waals surface area contributed by atoms with Crippen LogP contribution in [0.15, 0.2) is 11.2 Å². The van der Waals surface area contributed by atoms with Gasteiger partial charge in [0.05, 0.1) is 12.1 Å². The van der Waals surface area contributed by atoms with Crippen molar-refractivity contribution in [2.45, 2.75) is 50.2 Å². The quantitative estimate of drug-likeness (QED) is 0.813. The predicted octanol–water partition coefficient (Wildman–Crippen LogP) is 0.405. The van der Waals surface area contributed by atoms with E-state index in [9.17, 15) is 13.5 Å². The van der Waals surface area contributed by atoms with Crippen molar-refractivity contribution in [2.75, 3.05) is 6.61 Å². The van der Waals surface area contributed by atoms with Gasteiger partial charge < -0.3 is 9.67 Å². The Bertz CT molecular complexity index is 526. The summed E-state index contributed by atoms with van der Waals surface area (Å²) in [5, 5.41) is 9.33. The van der Waals surface area contributed by atoms with Gasteiger partial charge in [0.1, 0.15) is 5.82 Å². The summed E-state index contributed by atoms with van der Waals surface area (Å²) in [5.41, 5.74) is -0.678. The molecule has 1 fully saturated rings. The minimum Gasteiger partial charge on any atom is -0.394 e. The van der Waals surface area contributed by atoms with E-state index in [2.05, 4.69) is 9.71 Å². The summed E-state index contributed by atoms with van der Waals surface area (Å²) in [6.07, 6.45) is 3.82. The van der Waals surface area contributed by atoms with E-state index >= 15 is 0 Å². The van der Waals surface area contributed by atoms with Crippen LogP contribution in [0.1, 0.15) is 32.0 Å². The van der Waals surface area contributed by atoms with Crippen molar-refractivity contribution >= 4 is 10.0 Å². The monoisotopic (exact) mass is 273 g/mol. The topological polar surface area (TPSA) is 84.2 Å². The molecule has 1 heterocycles. The van der Waals surface area contributed by atoms with Gasteiger partial charge in [-0.1, -0.05) is 0 Å². The van der Waals surface area contributed by atoms with Crippen LogP contribution in [-0.2, 0) is 16.6 Å². The number of aliphatic hydroxyl groups is 1. The molecule has 0 atom stereocenters. The van der Waals surface area contributed by atoms with Gasteiger partial charge in [0.15, 0.2) is 5.03 Å². The molecular weight excluding hydrogens is 254 g/mol. The summed E-state index contributed by atoms with van der Waals surface area (Å²) < 4.78 is 28.7. The zero-order valence-corrected chi connectivity index (χ0v) is 11.5. The lowest BCUT2D eigenvalue weighted by atomic mass is 9.78. The summed E-state index contributed by atoms with van der Waals surface area (Å²) in [6, 6.07) is 0. The number of aliphatic hydroxyl groups excluding tert-OH is 1. The Hall–Kier alpha value is -0.920. The van der Waals surface area contributed by atoms with Crippen molar-refractivity contribution in [3.63, 3.8) is 0 Å². The minimum absolute atomic E-state index is 0.0292. The van der Waals surface area contributed by atoms with Crippen molar-refractivity contribution in [3.8, 4) is 0 Å². The first-order chi connectivity index (χ1) is 8.42. The van der Waals surface area contributed by atoms with Crippen LogP contribution in [0.3, 0.4) is 0 Å². The highest BCUT2D eigenvalue weighted by Crippen LogP contribution is 2.32. The summed E-state index contributed by atoms with van der Waals surface area (Å²) in [4.78, 5) is 4.06. The first kappa shape index (κ1) is 13.5. The number of nitrogens with one attached hydrogen (secondary N) is 1. The van der Waals surface area contributed by atoms with E-state index in [1.165, 1.54) is 6.20 Å². The Balaban J connectivity index is 2.25. The zero-order valence-electron chi connectivity index (χ0n) is 10.7. The standard InChI is InChI=1S/C11H19N3O3S/c1-3-14-7-10(12-9(14)2)18(16,17)13-11(8-15)5-4-6-11/h7,13,15H,3-6,8H2,1-2H3. The largest absolute Gasteiger partial charge is 0.394 e. The molecule has 0 aliphatic heterocycles. The van der Waals surface area contributed by atoms with E-state index in [0.29, 0.717) is 25.2 Å². The molecule has 1 aliphatic carbocycles. The second-order valence-electron chi connectivity index (χ2n) is 4.81. The molecule has 0 radical (unpaired) electrons. The number of rotatable bonds is 5. The molecule has 1 aromatic heterocycles. The molecule has 1 saturated carbocycles. The van der Waals surface area contributed by atoms with Gasteiger partial charge in [0, 0.05) is 12.7 Å². The van der Waals surface area contributed by atoms with Crippen molar-refractivity contribution in [1.82, 2.24) is 14.3 Å². The average Bonchev–Trinajstić information content (AvgIpc) is 2.66. The van der Waals surface area contributed by atoms with Crippen molar-refractivity contribution < 1.29 is 13.5 Å². The lowest BCUT2D eigenvalue weighted by Gasteiger charge is -2.40. The Kier molecular flexibility index (Phi) is 3.48. The lowest BCUT2D eigenvalue weighted by molar-refractivity contribution is 0.110. The van der Waals surface area contributed by atoms with Crippen LogP contribution in [0, 0.1) is 6.92 Å². The molecule has 6 nitrogen and oxygen atoms in total. The average molecular weight is 273 g/mol. The molecule has 0 saturated heterocycles. The summed E-state index contributed by atoms with van der Waals surface area (Å²) >= 11 is 0. The van der Waals surface area contributed by atoms with Crippen molar-refractivity contribution in [2.24, 2.45) is 0 Å². The van der Waals surface area contributed by atoms with E-state index in [0.717, 1.165) is 6.42 Å². The highest BCUT2D eigenvalue weighted by atomic mass is 32.2. The Labute approximate surface area is 107 Å². The zero-order chi connectivity index (χ0) is 13.4. The van der Waals surface area contributed by atoms with Gasteiger partial charge in [0.2, 0.25) is 0 Å². The van der Waals surface area contributed by atoms with Crippen LogP contribution < -0.4 is 4.72 Å². The minimum atomic E-state index is -3.64. The molecule has 7 heteroatoms. The molecule has 0 amide bonds. The van der Waals surface area contributed by atoms with Gasteiger partial charge >= 0.3 is 0 Å². The summed E-state index contributed by atoms with van der Waals surface area (Å²) in [5.74, 6) is 0.671. The lowest BCUT2D eigenvalue weighted by Crippen LogP contribution is -2.56. The molecule has 1 aliphatic rings. The number of imidazole rings is 1. The Morgan fingerprint density at radius 2 is 2.22 bits per heavy atom. The maximum atomic E-state index is 12.2. The van der Waals surface area contributed by atoms with Gasteiger partial charge in [0.25, 0.3) is 10.0 Å². The SMILES string of the molecule is CCn1cc(S(=O)(=O)NC2(CO)CCC2)nc1C. The van der Waals surface area contributed by atoms with Crippen LogP contribution in [0.4, 0.5) is 0 Å². The van der Waals surface area contributed by atoms with Crippen molar-refractivity contribution in [3.05, 3.63) is 12.0 Å². The van der Waals surface area contributed by atoms with Crippen LogP contribution in [0.5, 0.6) is 0 Å². The normalized spacial score (nSPS) is 18.6. The number of hydrogen-bond donors (Lipinski definition) is 2. The fraction of sp³-hybridized carbons (Fsp3) is 0.727. The molecule has 0 unspecified atom stereocenters. The van der Waals surface area contributed by atoms with E-state index in [1.807, 2.05) is 6.92 Å². The smallest absolute Gasteiger partial charge is 0.260 e. The molecule has 2 rings (SSSR count). The molecule has 0 spiro atoms. The molecular formula is C11H19N3O3S. The number of sulfonamides is 1. The van der Waals surface area contributed by atoms with E-state index in [4.69, 9.17) is 0 Å².